The molecule has 0 aromatic carbocycles. The van der Waals surface area contributed by atoms with E-state index in [1.165, 1.54) is 0 Å². The predicted molar refractivity (Wildman–Crippen MR) is 47.4 cm³/mol. The molecule has 1 amide bonds. The molecule has 0 aliphatic heterocycles. The van der Waals surface area contributed by atoms with Crippen LogP contribution < -0.4 is 5.32 Å². The molecule has 0 aliphatic carbocycles. The normalized spacial score (nSPS) is 11.8. The van der Waals surface area contributed by atoms with Gasteiger partial charge in [0.15, 0.2) is 0 Å². The van der Waals surface area contributed by atoms with E-state index in [0.717, 1.165) is 12.8 Å². The van der Waals surface area contributed by atoms with Gasteiger partial charge in [-0.05, 0) is 13.3 Å². The van der Waals surface area contributed by atoms with Crippen LogP contribution in [0.2, 0.25) is 0 Å². The Morgan fingerprint density at radius 2 is 2.33 bits per heavy atom. The topological polar surface area (TPSA) is 52.9 Å². The predicted octanol–water partition coefficient (Wildman–Crippen LogP) is 1.59. The van der Waals surface area contributed by atoms with E-state index in [9.17, 15) is 4.79 Å². The second-order valence-corrected chi connectivity index (χ2v) is 2.93. The lowest BCUT2D eigenvalue weighted by Gasteiger charge is -2.09. The van der Waals surface area contributed by atoms with Crippen LogP contribution in [0.25, 0.3) is 0 Å². The maximum atomic E-state index is 11.1. The van der Waals surface area contributed by atoms with Crippen molar-refractivity contribution in [2.75, 3.05) is 0 Å². The Kier molecular flexibility index (Phi) is 6.08. The highest BCUT2D eigenvalue weighted by Crippen LogP contribution is 1.95. The molecule has 0 bridgehead atoms. The molecule has 0 fully saturated rings. The van der Waals surface area contributed by atoms with Crippen molar-refractivity contribution in [1.29, 1.82) is 5.26 Å². The summed E-state index contributed by atoms with van der Waals surface area (Å²) >= 11 is 0. The van der Waals surface area contributed by atoms with Crippen molar-refractivity contribution in [1.82, 2.24) is 5.32 Å². The van der Waals surface area contributed by atoms with Crippen molar-refractivity contribution in [2.45, 2.75) is 45.6 Å². The quantitative estimate of drug-likeness (QED) is 0.677. The summed E-state index contributed by atoms with van der Waals surface area (Å²) in [5.74, 6) is 0.0552. The first-order chi connectivity index (χ1) is 5.70. The smallest absolute Gasteiger partial charge is 0.220 e. The van der Waals surface area contributed by atoms with Crippen LogP contribution in [0.3, 0.4) is 0 Å². The minimum atomic E-state index is -0.0145. The van der Waals surface area contributed by atoms with E-state index < -0.39 is 0 Å². The van der Waals surface area contributed by atoms with Crippen LogP contribution in [0.5, 0.6) is 0 Å². The summed E-state index contributed by atoms with van der Waals surface area (Å²) in [5, 5.41) is 11.1. The Balaban J connectivity index is 3.48. The molecule has 0 radical (unpaired) electrons. The van der Waals surface area contributed by atoms with Gasteiger partial charge in [0.25, 0.3) is 0 Å². The van der Waals surface area contributed by atoms with Gasteiger partial charge < -0.3 is 5.32 Å². The number of nitrogens with one attached hydrogen (secondary N) is 1. The number of hydrogen-bond acceptors (Lipinski definition) is 2. The van der Waals surface area contributed by atoms with Crippen molar-refractivity contribution in [3.05, 3.63) is 0 Å². The SMILES string of the molecule is CCCCC(=O)NC(C)CC#N. The zero-order valence-electron chi connectivity index (χ0n) is 7.76. The molecule has 0 aromatic rings. The molecule has 0 heterocycles. The Bertz CT molecular complexity index is 172. The highest BCUT2D eigenvalue weighted by Gasteiger charge is 2.04. The van der Waals surface area contributed by atoms with Crippen LogP contribution in [0, 0.1) is 11.3 Å². The molecule has 0 aromatic heterocycles. The van der Waals surface area contributed by atoms with Crippen LogP contribution in [0.1, 0.15) is 39.5 Å². The third kappa shape index (κ3) is 5.72. The van der Waals surface area contributed by atoms with Gasteiger partial charge in [-0.3, -0.25) is 4.79 Å². The molecule has 1 unspecified atom stereocenters. The van der Waals surface area contributed by atoms with Crippen molar-refractivity contribution in [3.63, 3.8) is 0 Å². The van der Waals surface area contributed by atoms with E-state index in [2.05, 4.69) is 5.32 Å². The summed E-state index contributed by atoms with van der Waals surface area (Å²) < 4.78 is 0. The summed E-state index contributed by atoms with van der Waals surface area (Å²) in [6.45, 7) is 3.89. The molecular weight excluding hydrogens is 152 g/mol. The Morgan fingerprint density at radius 1 is 1.67 bits per heavy atom. The van der Waals surface area contributed by atoms with Crippen LogP contribution >= 0.6 is 0 Å². The molecule has 3 nitrogen and oxygen atoms in total. The van der Waals surface area contributed by atoms with Gasteiger partial charge in [-0.1, -0.05) is 13.3 Å². The van der Waals surface area contributed by atoms with Crippen molar-refractivity contribution in [2.24, 2.45) is 0 Å². The standard InChI is InChI=1S/C9H16N2O/c1-3-4-5-9(12)11-8(2)6-7-10/h8H,3-6H2,1-2H3,(H,11,12). The van der Waals surface area contributed by atoms with Gasteiger partial charge >= 0.3 is 0 Å². The monoisotopic (exact) mass is 168 g/mol. The highest BCUT2D eigenvalue weighted by molar-refractivity contribution is 5.76. The minimum Gasteiger partial charge on any atom is -0.353 e. The molecule has 3 heteroatoms. The van der Waals surface area contributed by atoms with Crippen LogP contribution in [0.4, 0.5) is 0 Å². The molecular formula is C9H16N2O. The molecule has 1 atom stereocenters. The fraction of sp³-hybridized carbons (Fsp3) is 0.778. The van der Waals surface area contributed by atoms with E-state index in [0.29, 0.717) is 12.8 Å². The number of amides is 1. The first kappa shape index (κ1) is 11.0. The highest BCUT2D eigenvalue weighted by atomic mass is 16.1. The number of carbonyl (C=O) groups is 1. The molecule has 0 rings (SSSR count). The van der Waals surface area contributed by atoms with E-state index >= 15 is 0 Å². The van der Waals surface area contributed by atoms with E-state index in [1.807, 2.05) is 19.9 Å². The summed E-state index contributed by atoms with van der Waals surface area (Å²) in [4.78, 5) is 11.1. The van der Waals surface area contributed by atoms with Crippen molar-refractivity contribution < 1.29 is 4.79 Å². The van der Waals surface area contributed by atoms with Crippen LogP contribution in [0.15, 0.2) is 0 Å². The number of hydrogen-bond donors (Lipinski definition) is 1. The largest absolute Gasteiger partial charge is 0.353 e. The number of nitriles is 1. The number of rotatable bonds is 5. The molecule has 68 valence electrons. The summed E-state index contributed by atoms with van der Waals surface area (Å²) in [5.41, 5.74) is 0. The second kappa shape index (κ2) is 6.66. The molecule has 0 aliphatic rings. The van der Waals surface area contributed by atoms with Gasteiger partial charge in [-0.2, -0.15) is 5.26 Å². The van der Waals surface area contributed by atoms with E-state index in [4.69, 9.17) is 5.26 Å². The molecule has 0 saturated carbocycles. The number of carbonyl (C=O) groups excluding carboxylic acids is 1. The van der Waals surface area contributed by atoms with Gasteiger partial charge in [-0.15, -0.1) is 0 Å². The maximum absolute atomic E-state index is 11.1. The van der Waals surface area contributed by atoms with E-state index in [1.54, 1.807) is 0 Å². The lowest BCUT2D eigenvalue weighted by molar-refractivity contribution is -0.121. The molecule has 12 heavy (non-hydrogen) atoms. The van der Waals surface area contributed by atoms with Gasteiger partial charge in [-0.25, -0.2) is 0 Å². The average Bonchev–Trinajstić information content (AvgIpc) is 2.01. The lowest BCUT2D eigenvalue weighted by atomic mass is 10.2. The average molecular weight is 168 g/mol. The van der Waals surface area contributed by atoms with Gasteiger partial charge in [0, 0.05) is 12.5 Å². The second-order valence-electron chi connectivity index (χ2n) is 2.93. The molecule has 0 spiro atoms. The number of unbranched alkanes of at least 4 members (excludes halogenated alkanes) is 1. The third-order valence-electron chi connectivity index (χ3n) is 1.56. The van der Waals surface area contributed by atoms with Gasteiger partial charge in [0.2, 0.25) is 5.91 Å². The summed E-state index contributed by atoms with van der Waals surface area (Å²) in [6, 6.07) is 2.00. The molecule has 1 N–H and O–H groups in total. The zero-order chi connectivity index (χ0) is 9.40. The van der Waals surface area contributed by atoms with Crippen molar-refractivity contribution in [3.8, 4) is 6.07 Å². The Hall–Kier alpha value is -1.04. The minimum absolute atomic E-state index is 0.0145. The fourth-order valence-corrected chi connectivity index (χ4v) is 0.872. The first-order valence-electron chi connectivity index (χ1n) is 4.37. The maximum Gasteiger partial charge on any atom is 0.220 e. The van der Waals surface area contributed by atoms with Crippen LogP contribution in [-0.4, -0.2) is 11.9 Å². The lowest BCUT2D eigenvalue weighted by Crippen LogP contribution is -2.31. The van der Waals surface area contributed by atoms with Crippen LogP contribution in [-0.2, 0) is 4.79 Å². The molecule has 0 saturated heterocycles. The van der Waals surface area contributed by atoms with E-state index in [-0.39, 0.29) is 11.9 Å². The Morgan fingerprint density at radius 3 is 2.83 bits per heavy atom. The fourth-order valence-electron chi connectivity index (χ4n) is 0.872. The zero-order valence-corrected chi connectivity index (χ0v) is 7.76. The summed E-state index contributed by atoms with van der Waals surface area (Å²) in [6.07, 6.45) is 2.91. The third-order valence-corrected chi connectivity index (χ3v) is 1.56. The van der Waals surface area contributed by atoms with Gasteiger partial charge in [0.1, 0.15) is 0 Å². The Labute approximate surface area is 73.8 Å². The van der Waals surface area contributed by atoms with Gasteiger partial charge in [0.05, 0.1) is 12.5 Å². The van der Waals surface area contributed by atoms with Crippen molar-refractivity contribution >= 4 is 5.91 Å². The number of nitrogens with zero attached hydrogens (tertiary/aromatic N) is 1. The summed E-state index contributed by atoms with van der Waals surface area (Å²) in [7, 11) is 0. The first-order valence-corrected chi connectivity index (χ1v) is 4.37.